The standard InChI is InChI=1S/C83H142N18O25S4/c84-30-45-60(105)64(109)54(92)76(115-45)121-70-43(90)28-41(88)58(103)74(70)125-80-68(113)72(123-78-56(94)66(111)62(107)47(32-86)117-78)49(119-80)34-129-25-20-99-82(127)97-18-3-5-23-101(22-4-1-2-17-96-51(102)16-15-38-27-39-11-6-9-36-13-14-37-10-7-12-40(38)53(37)52(36)39)24-8-19-98-83(128)100-21-26-130-35-50-73(124-79-57(95)67(112)63(108)48(33-87)118-79)69(114)81(120-50)126-75-59(104)42(89)29-44(91)71(75)122-77-55(93)65(110)61(106)46(31-85)116-77/h6-7,9-11,14,27,41-50,54-81,103-114H,1-5,8,12-13,15-26,28-35,84-95H2,(H,96,102)(H2,97,99,127)(H2,98,100,128)/t41-,42-,43?,44?,45?,46?,47+,48+,49-,50-,54?,55?,56?,57?,58?,59?,60-,61-,62-,63-,64-,65-,66?,67?,68+,69+,70-,71-,72+,73+,74-,75-,76-,77-,78-,79-,80?,81?/m1/s1. The summed E-state index contributed by atoms with van der Waals surface area (Å²) in [6.07, 6.45) is -25.7. The van der Waals surface area contributed by atoms with Crippen LogP contribution in [0.15, 0.2) is 42.5 Å². The molecule has 0 aromatic heterocycles. The first-order valence-electron chi connectivity index (χ1n) is 45.3. The lowest BCUT2D eigenvalue weighted by Gasteiger charge is -2.47. The van der Waals surface area contributed by atoms with Gasteiger partial charge in [0.15, 0.2) is 48.0 Å². The van der Waals surface area contributed by atoms with E-state index in [4.69, 9.17) is 150 Å². The molecule has 0 radical (unpaired) electrons. The van der Waals surface area contributed by atoms with E-state index in [2.05, 4.69) is 74.0 Å². The molecule has 0 bridgehead atoms. The van der Waals surface area contributed by atoms with Gasteiger partial charge in [-0.3, -0.25) is 4.79 Å². The van der Waals surface area contributed by atoms with Crippen molar-refractivity contribution in [1.29, 1.82) is 0 Å². The molecule has 4 aliphatic carbocycles. The number of ether oxygens (including phenoxy) is 12. The predicted molar refractivity (Wildman–Crippen MR) is 488 cm³/mol. The lowest BCUT2D eigenvalue weighted by atomic mass is 9.79. The molecule has 10 aliphatic rings. The van der Waals surface area contributed by atoms with E-state index in [1.807, 2.05) is 0 Å². The number of hydrogen-bond acceptors (Lipinski definition) is 42. The zero-order valence-corrected chi connectivity index (χ0v) is 76.2. The molecule has 2 aromatic rings. The Hall–Kier alpha value is -3.75. The molecule has 6 aliphatic heterocycles. The molecule has 38 atom stereocenters. The quantitative estimate of drug-likeness (QED) is 0.0216. The van der Waals surface area contributed by atoms with Gasteiger partial charge < -0.3 is 218 Å². The summed E-state index contributed by atoms with van der Waals surface area (Å²) in [4.78, 5) is 15.8. The summed E-state index contributed by atoms with van der Waals surface area (Å²) < 4.78 is 74.2. The van der Waals surface area contributed by atoms with E-state index in [1.165, 1.54) is 62.1 Å². The zero-order valence-electron chi connectivity index (χ0n) is 73.0. The van der Waals surface area contributed by atoms with Crippen LogP contribution in [0, 0.1) is 0 Å². The molecular weight excluding hydrogens is 1780 g/mol. The third kappa shape index (κ3) is 25.8. The topological polar surface area (TPSA) is 746 Å². The highest BCUT2D eigenvalue weighted by molar-refractivity contribution is 7.99. The van der Waals surface area contributed by atoms with Crippen LogP contribution in [-0.4, -0.2) is 416 Å². The van der Waals surface area contributed by atoms with Crippen molar-refractivity contribution in [2.75, 3.05) is 102 Å². The minimum absolute atomic E-state index is 0.0278. The number of rotatable bonds is 44. The monoisotopic (exact) mass is 1920 g/mol. The van der Waals surface area contributed by atoms with Gasteiger partial charge in [-0.2, -0.15) is 23.5 Å². The van der Waals surface area contributed by atoms with Crippen molar-refractivity contribution in [3.8, 4) is 0 Å². The van der Waals surface area contributed by atoms with Crippen LogP contribution < -0.4 is 95.4 Å². The summed E-state index contributed by atoms with van der Waals surface area (Å²) in [5.41, 5.74) is 81.1. The van der Waals surface area contributed by atoms with E-state index in [0.29, 0.717) is 67.3 Å². The minimum Gasteiger partial charge on any atom is -0.389 e. The summed E-state index contributed by atoms with van der Waals surface area (Å²) in [7, 11) is 0. The summed E-state index contributed by atoms with van der Waals surface area (Å²) >= 11 is 14.3. The highest BCUT2D eigenvalue weighted by Gasteiger charge is 2.58. The smallest absolute Gasteiger partial charge is 0.220 e. The van der Waals surface area contributed by atoms with Crippen molar-refractivity contribution in [2.24, 2.45) is 68.8 Å². The number of benzene rings is 2. The van der Waals surface area contributed by atoms with Gasteiger partial charge in [0.1, 0.15) is 122 Å². The number of aliphatic hydroxyl groups is 12. The number of nitrogens with zero attached hydrogens (tertiary/aromatic N) is 1. The zero-order chi connectivity index (χ0) is 93.5. The lowest BCUT2D eigenvalue weighted by molar-refractivity contribution is -0.306. The average molecular weight is 1920 g/mol. The molecule has 1 amide bonds. The molecule has 6 heterocycles. The third-order valence-electron chi connectivity index (χ3n) is 26.1. The number of allylic oxidation sites excluding steroid dienone is 4. The van der Waals surface area contributed by atoms with Gasteiger partial charge in [-0.25, -0.2) is 0 Å². The van der Waals surface area contributed by atoms with Gasteiger partial charge in [0.25, 0.3) is 0 Å². The Kier molecular flexibility index (Phi) is 40.2. The van der Waals surface area contributed by atoms with Gasteiger partial charge >= 0.3 is 0 Å². The fraction of sp³-hybridized carbons (Fsp3) is 0.795. The second-order valence-corrected chi connectivity index (χ2v) is 38.4. The van der Waals surface area contributed by atoms with Gasteiger partial charge in [0, 0.05) is 113 Å². The van der Waals surface area contributed by atoms with Gasteiger partial charge in [0.05, 0.1) is 48.6 Å². The molecule has 6 saturated heterocycles. The fourth-order valence-electron chi connectivity index (χ4n) is 18.5. The molecule has 43 nitrogen and oxygen atoms in total. The Morgan fingerprint density at radius 2 is 0.823 bits per heavy atom. The van der Waals surface area contributed by atoms with E-state index in [0.717, 1.165) is 71.0 Å². The second-order valence-electron chi connectivity index (χ2n) is 35.3. The maximum atomic E-state index is 13.4. The van der Waals surface area contributed by atoms with Crippen LogP contribution in [0.3, 0.4) is 0 Å². The van der Waals surface area contributed by atoms with Crippen molar-refractivity contribution in [3.63, 3.8) is 0 Å². The largest absolute Gasteiger partial charge is 0.389 e. The van der Waals surface area contributed by atoms with Crippen molar-refractivity contribution >= 4 is 80.4 Å². The predicted octanol–water partition coefficient (Wildman–Crippen LogP) is -10.8. The van der Waals surface area contributed by atoms with E-state index < -0.39 is 233 Å². The molecule has 2 saturated carbocycles. The van der Waals surface area contributed by atoms with E-state index >= 15 is 0 Å². The Labute approximate surface area is 775 Å². The highest BCUT2D eigenvalue weighted by atomic mass is 32.2. The first-order valence-corrected chi connectivity index (χ1v) is 48.5. The van der Waals surface area contributed by atoms with Crippen LogP contribution in [0.1, 0.15) is 80.0 Å². The van der Waals surface area contributed by atoms with Crippen LogP contribution >= 0.6 is 48.0 Å². The van der Waals surface area contributed by atoms with Crippen LogP contribution in [0.5, 0.6) is 0 Å². The number of carbonyl (C=O) groups excluding carboxylic acids is 1. The lowest BCUT2D eigenvalue weighted by Crippen LogP contribution is -2.68. The number of hydrogen-bond donors (Lipinski definition) is 29. The van der Waals surface area contributed by atoms with Gasteiger partial charge in [0.2, 0.25) is 5.91 Å². The molecule has 41 N–H and O–H groups in total. The number of carbonyl (C=O) groups is 1. The van der Waals surface area contributed by atoms with Gasteiger partial charge in [-0.05, 0) is 147 Å². The Morgan fingerprint density at radius 1 is 0.431 bits per heavy atom. The first-order chi connectivity index (χ1) is 62.3. The van der Waals surface area contributed by atoms with Crippen LogP contribution in [0.2, 0.25) is 0 Å². The Balaban J connectivity index is 0.610. The highest BCUT2D eigenvalue weighted by Crippen LogP contribution is 2.43. The molecule has 47 heteroatoms. The van der Waals surface area contributed by atoms with Crippen LogP contribution in [0.4, 0.5) is 0 Å². The number of nitrogens with one attached hydrogen (secondary N) is 5. The molecule has 14 unspecified atom stereocenters. The van der Waals surface area contributed by atoms with E-state index in [-0.39, 0.29) is 56.4 Å². The fourth-order valence-corrected chi connectivity index (χ4v) is 20.8. The first kappa shape index (κ1) is 105. The summed E-state index contributed by atoms with van der Waals surface area (Å²) in [6.45, 7) is 4.08. The van der Waals surface area contributed by atoms with Crippen molar-refractivity contribution in [2.45, 2.75) is 310 Å². The molecule has 8 fully saturated rings. The van der Waals surface area contributed by atoms with Crippen molar-refractivity contribution in [1.82, 2.24) is 31.5 Å². The number of unbranched alkanes of at least 4 members (excludes halogenated alkanes) is 3. The average Bonchev–Trinajstić information content (AvgIpc) is 1.35. The maximum Gasteiger partial charge on any atom is 0.220 e. The normalized spacial score (nSPS) is 39.6. The summed E-state index contributed by atoms with van der Waals surface area (Å²) in [5, 5.41) is 153. The molecule has 2 aromatic carbocycles. The second kappa shape index (κ2) is 49.7. The number of thiocarbonyl (C=S) groups is 2. The van der Waals surface area contributed by atoms with Crippen LogP contribution in [0.25, 0.3) is 16.3 Å². The Bertz CT molecular complexity index is 3960. The Morgan fingerprint density at radius 3 is 1.28 bits per heavy atom. The van der Waals surface area contributed by atoms with Gasteiger partial charge in [-0.15, -0.1) is 0 Å². The number of thioether (sulfide) groups is 2. The number of amides is 1. The SMILES string of the molecule is NCC1O[C@H](O[C@@H]2C(N)C[C@@H](N)C(O)[C@H]2OC2O[C@H](CSCCNC(=S)NCCCCN(CCCCCNC(=O)CCc3cc4cccc5c4c4c3CC=CC4=CC5)CCCNC(=S)NCCSC[C@H]3OC(O[C@@H]4C(O)[C@H](N)CC(N)[C@H]4O[C@H]4OC(CN)[C@@H](O)[C@H](O)C4N)[C@@H](O)[C@H]3O[C@H]3O[C@@H](CN)[C@@H](O)C(O)C3N)[C@H](O[C@H]3O[C@@H](CN)[C@@H](O)C(O)C3N)[C@@H]2O)C(N)[C@@H](O)[C@@H]1O. The van der Waals surface area contributed by atoms with Crippen molar-refractivity contribution in [3.05, 3.63) is 64.7 Å². The molecular formula is C83H142N18O25S4. The third-order valence-corrected chi connectivity index (χ3v) is 28.8. The summed E-state index contributed by atoms with van der Waals surface area (Å²) in [6, 6.07) is -0.0604. The van der Waals surface area contributed by atoms with E-state index in [1.54, 1.807) is 0 Å². The number of nitrogens with two attached hydrogens (primary N) is 12. The summed E-state index contributed by atoms with van der Waals surface area (Å²) in [5.74, 6) is 1.34. The minimum atomic E-state index is -1.61. The molecule has 130 heavy (non-hydrogen) atoms. The van der Waals surface area contributed by atoms with Crippen molar-refractivity contribution < 1.29 is 123 Å². The molecule has 0 spiro atoms. The van der Waals surface area contributed by atoms with E-state index in [9.17, 15) is 66.1 Å². The maximum absolute atomic E-state index is 13.4. The molecule has 738 valence electrons. The van der Waals surface area contributed by atoms with Crippen LogP contribution in [-0.2, 0) is 80.9 Å². The molecule has 12 rings (SSSR count). The number of aryl methyl sites for hydroxylation is 1. The number of aliphatic hydroxyl groups excluding tert-OH is 12. The van der Waals surface area contributed by atoms with Gasteiger partial charge in [-0.1, -0.05) is 48.9 Å².